The van der Waals surface area contributed by atoms with Gasteiger partial charge in [0, 0.05) is 5.69 Å². The van der Waals surface area contributed by atoms with Crippen LogP contribution in [0.1, 0.15) is 25.7 Å². The zero-order valence-electron chi connectivity index (χ0n) is 10.8. The highest BCUT2D eigenvalue weighted by molar-refractivity contribution is 5.92. The lowest BCUT2D eigenvalue weighted by atomic mass is 10.1. The van der Waals surface area contributed by atoms with Gasteiger partial charge in [-0.3, -0.25) is 4.79 Å². The maximum atomic E-state index is 13.4. The van der Waals surface area contributed by atoms with Crippen molar-refractivity contribution in [3.05, 3.63) is 24.0 Å². The molecule has 4 nitrogen and oxygen atoms in total. The summed E-state index contributed by atoms with van der Waals surface area (Å²) < 4.78 is 18.7. The highest BCUT2D eigenvalue weighted by Crippen LogP contribution is 2.24. The number of carbonyl (C=O) groups excluding carboxylic acids is 1. The van der Waals surface area contributed by atoms with E-state index in [-0.39, 0.29) is 18.2 Å². The van der Waals surface area contributed by atoms with Crippen molar-refractivity contribution in [2.45, 2.75) is 25.7 Å². The lowest BCUT2D eigenvalue weighted by Crippen LogP contribution is -2.20. The van der Waals surface area contributed by atoms with Gasteiger partial charge < -0.3 is 15.8 Å². The third-order valence-electron chi connectivity index (χ3n) is 3.33. The molecule has 0 heterocycles. The molecule has 0 aliphatic heterocycles. The van der Waals surface area contributed by atoms with E-state index in [2.05, 4.69) is 5.32 Å². The topological polar surface area (TPSA) is 64.3 Å². The number of amides is 1. The molecule has 1 saturated carbocycles. The van der Waals surface area contributed by atoms with Crippen LogP contribution in [0.15, 0.2) is 18.2 Å². The van der Waals surface area contributed by atoms with Gasteiger partial charge in [-0.25, -0.2) is 4.39 Å². The van der Waals surface area contributed by atoms with Crippen LogP contribution in [0.2, 0.25) is 0 Å². The fraction of sp³-hybridized carbons (Fsp3) is 0.500. The maximum absolute atomic E-state index is 13.4. The number of anilines is 2. The smallest absolute Gasteiger partial charge is 0.250 e. The Morgan fingerprint density at radius 3 is 2.89 bits per heavy atom. The first kappa shape index (κ1) is 13.8. The molecule has 1 aromatic rings. The summed E-state index contributed by atoms with van der Waals surface area (Å²) in [4.78, 5) is 11.6. The lowest BCUT2D eigenvalue weighted by Gasteiger charge is -2.10. The van der Waals surface area contributed by atoms with E-state index in [9.17, 15) is 9.18 Å². The van der Waals surface area contributed by atoms with Crippen LogP contribution in [-0.2, 0) is 9.53 Å². The molecule has 19 heavy (non-hydrogen) atoms. The van der Waals surface area contributed by atoms with Crippen molar-refractivity contribution in [1.29, 1.82) is 0 Å². The van der Waals surface area contributed by atoms with Gasteiger partial charge in [-0.15, -0.1) is 0 Å². The molecule has 2 rings (SSSR count). The Kier molecular flexibility index (Phi) is 4.74. The van der Waals surface area contributed by atoms with Crippen LogP contribution in [0.4, 0.5) is 15.8 Å². The Morgan fingerprint density at radius 2 is 2.16 bits per heavy atom. The van der Waals surface area contributed by atoms with Crippen LogP contribution in [0.25, 0.3) is 0 Å². The average molecular weight is 266 g/mol. The molecule has 1 aliphatic carbocycles. The van der Waals surface area contributed by atoms with Gasteiger partial charge in [-0.2, -0.15) is 0 Å². The van der Waals surface area contributed by atoms with E-state index in [0.29, 0.717) is 18.2 Å². The molecule has 0 spiro atoms. The Bertz CT molecular complexity index is 445. The zero-order chi connectivity index (χ0) is 13.7. The number of hydrogen-bond acceptors (Lipinski definition) is 3. The summed E-state index contributed by atoms with van der Waals surface area (Å²) in [5, 5.41) is 2.46. The van der Waals surface area contributed by atoms with Crippen molar-refractivity contribution in [2.75, 3.05) is 24.3 Å². The normalized spacial score (nSPS) is 15.6. The lowest BCUT2D eigenvalue weighted by molar-refractivity contribution is -0.121. The van der Waals surface area contributed by atoms with Gasteiger partial charge in [-0.05, 0) is 37.0 Å². The van der Waals surface area contributed by atoms with Gasteiger partial charge >= 0.3 is 0 Å². The van der Waals surface area contributed by atoms with Crippen LogP contribution in [0, 0.1) is 11.7 Å². The molecule has 0 bridgehead atoms. The first-order chi connectivity index (χ1) is 9.15. The van der Waals surface area contributed by atoms with Crippen molar-refractivity contribution < 1.29 is 13.9 Å². The van der Waals surface area contributed by atoms with E-state index in [1.54, 1.807) is 0 Å². The van der Waals surface area contributed by atoms with Crippen LogP contribution in [-0.4, -0.2) is 19.1 Å². The highest BCUT2D eigenvalue weighted by Gasteiger charge is 2.15. The van der Waals surface area contributed by atoms with E-state index in [0.717, 1.165) is 0 Å². The molecule has 0 aromatic heterocycles. The minimum atomic E-state index is -0.502. The summed E-state index contributed by atoms with van der Waals surface area (Å²) in [6, 6.07) is 4.07. The first-order valence-electron chi connectivity index (χ1n) is 6.58. The SMILES string of the molecule is Nc1ccc(F)c(NC(=O)COCC2CCCC2)c1. The quantitative estimate of drug-likeness (QED) is 0.805. The number of nitrogens with two attached hydrogens (primary N) is 1. The molecule has 1 fully saturated rings. The largest absolute Gasteiger partial charge is 0.399 e. The number of hydrogen-bond donors (Lipinski definition) is 2. The Morgan fingerprint density at radius 1 is 1.42 bits per heavy atom. The summed E-state index contributed by atoms with van der Waals surface area (Å²) in [5.41, 5.74) is 6.04. The molecule has 0 radical (unpaired) electrons. The molecule has 0 atom stereocenters. The predicted octanol–water partition coefficient (Wildman–Crippen LogP) is 2.55. The zero-order valence-corrected chi connectivity index (χ0v) is 10.8. The van der Waals surface area contributed by atoms with Crippen molar-refractivity contribution in [3.8, 4) is 0 Å². The second-order valence-electron chi connectivity index (χ2n) is 4.95. The molecule has 3 N–H and O–H groups in total. The fourth-order valence-electron chi connectivity index (χ4n) is 2.32. The summed E-state index contributed by atoms with van der Waals surface area (Å²) in [6.07, 6.45) is 4.83. The van der Waals surface area contributed by atoms with Gasteiger partial charge in [0.2, 0.25) is 5.91 Å². The Balaban J connectivity index is 1.75. The molecule has 1 aromatic carbocycles. The molecule has 5 heteroatoms. The number of rotatable bonds is 5. The summed E-state index contributed by atoms with van der Waals surface area (Å²) >= 11 is 0. The standard InChI is InChI=1S/C14H19FN2O2/c15-12-6-5-11(16)7-13(12)17-14(18)9-19-8-10-3-1-2-4-10/h5-7,10H,1-4,8-9,16H2,(H,17,18). The Labute approximate surface area is 112 Å². The van der Waals surface area contributed by atoms with E-state index < -0.39 is 5.82 Å². The van der Waals surface area contributed by atoms with Gasteiger partial charge in [0.25, 0.3) is 0 Å². The minimum Gasteiger partial charge on any atom is -0.399 e. The van der Waals surface area contributed by atoms with E-state index in [1.807, 2.05) is 0 Å². The van der Waals surface area contributed by atoms with Crippen LogP contribution < -0.4 is 11.1 Å². The Hall–Kier alpha value is -1.62. The number of halogens is 1. The number of benzene rings is 1. The monoisotopic (exact) mass is 266 g/mol. The van der Waals surface area contributed by atoms with Gasteiger partial charge in [0.1, 0.15) is 12.4 Å². The molecule has 104 valence electrons. The number of ether oxygens (including phenoxy) is 1. The molecule has 0 unspecified atom stereocenters. The average Bonchev–Trinajstić information content (AvgIpc) is 2.87. The molecule has 1 aliphatic rings. The fourth-order valence-corrected chi connectivity index (χ4v) is 2.32. The van der Waals surface area contributed by atoms with Crippen molar-refractivity contribution >= 4 is 17.3 Å². The van der Waals surface area contributed by atoms with E-state index in [4.69, 9.17) is 10.5 Å². The molecule has 1 amide bonds. The van der Waals surface area contributed by atoms with Crippen molar-refractivity contribution in [2.24, 2.45) is 5.92 Å². The third-order valence-corrected chi connectivity index (χ3v) is 3.33. The van der Waals surface area contributed by atoms with Gasteiger partial charge in [-0.1, -0.05) is 12.8 Å². The summed E-state index contributed by atoms with van der Waals surface area (Å²) in [7, 11) is 0. The van der Waals surface area contributed by atoms with Crippen molar-refractivity contribution in [1.82, 2.24) is 0 Å². The van der Waals surface area contributed by atoms with Crippen LogP contribution in [0.3, 0.4) is 0 Å². The highest BCUT2D eigenvalue weighted by atomic mass is 19.1. The maximum Gasteiger partial charge on any atom is 0.250 e. The van der Waals surface area contributed by atoms with E-state index >= 15 is 0 Å². The number of nitrogens with one attached hydrogen (secondary N) is 1. The summed E-state index contributed by atoms with van der Waals surface area (Å²) in [5.74, 6) is -0.294. The second kappa shape index (κ2) is 6.52. The number of nitrogen functional groups attached to an aromatic ring is 1. The van der Waals surface area contributed by atoms with E-state index in [1.165, 1.54) is 43.9 Å². The second-order valence-corrected chi connectivity index (χ2v) is 4.95. The van der Waals surface area contributed by atoms with Crippen LogP contribution in [0.5, 0.6) is 0 Å². The van der Waals surface area contributed by atoms with Crippen LogP contribution >= 0.6 is 0 Å². The molecular formula is C14H19FN2O2. The van der Waals surface area contributed by atoms with Gasteiger partial charge in [0.15, 0.2) is 0 Å². The predicted molar refractivity (Wildman–Crippen MR) is 72.2 cm³/mol. The summed E-state index contributed by atoms with van der Waals surface area (Å²) in [6.45, 7) is 0.553. The van der Waals surface area contributed by atoms with Crippen molar-refractivity contribution in [3.63, 3.8) is 0 Å². The first-order valence-corrected chi connectivity index (χ1v) is 6.58. The molecular weight excluding hydrogens is 247 g/mol. The molecule has 0 saturated heterocycles. The number of carbonyl (C=O) groups is 1. The van der Waals surface area contributed by atoms with Gasteiger partial charge in [0.05, 0.1) is 12.3 Å². The minimum absolute atomic E-state index is 0.0509. The third kappa shape index (κ3) is 4.21.